The van der Waals surface area contributed by atoms with Crippen LogP contribution in [-0.4, -0.2) is 3.71 Å². The molecule has 4 saturated carbocycles. The van der Waals surface area contributed by atoms with Crippen molar-refractivity contribution in [2.45, 2.75) is 141 Å². The van der Waals surface area contributed by atoms with E-state index in [9.17, 15) is 0 Å². The summed E-state index contributed by atoms with van der Waals surface area (Å²) < 4.78 is 5.22. The van der Waals surface area contributed by atoms with Gasteiger partial charge in [0.1, 0.15) is 0 Å². The molecule has 0 radical (unpaired) electrons. The largest absolute Gasteiger partial charge is 1.00 e. The van der Waals surface area contributed by atoms with E-state index < -0.39 is 21.3 Å². The first-order valence-corrected chi connectivity index (χ1v) is 24.5. The van der Waals surface area contributed by atoms with Crippen LogP contribution < -0.4 is 24.8 Å². The van der Waals surface area contributed by atoms with Gasteiger partial charge in [0.2, 0.25) is 0 Å². The molecule has 3 heteroatoms. The van der Waals surface area contributed by atoms with Crippen molar-refractivity contribution >= 4 is 3.71 Å². The normalized spacial score (nSPS) is 26.3. The Morgan fingerprint density at radius 1 is 0.642 bits per heavy atom. The summed E-state index contributed by atoms with van der Waals surface area (Å²) in [6.07, 6.45) is 13.2. The number of halogens is 2. The van der Waals surface area contributed by atoms with Crippen molar-refractivity contribution in [1.29, 1.82) is 0 Å². The summed E-state index contributed by atoms with van der Waals surface area (Å²) in [5, 5.41) is 0. The molecule has 6 aliphatic rings. The first kappa shape index (κ1) is 41.1. The van der Waals surface area contributed by atoms with E-state index in [0.717, 1.165) is 17.8 Å². The molecule has 4 fully saturated rings. The molecular formula is C50H64Cl2Zr. The summed E-state index contributed by atoms with van der Waals surface area (Å²) in [6, 6.07) is 24.8. The molecule has 6 aliphatic carbocycles. The third-order valence-electron chi connectivity index (χ3n) is 14.0. The summed E-state index contributed by atoms with van der Waals surface area (Å²) in [5.41, 5.74) is 16.4. The van der Waals surface area contributed by atoms with Crippen molar-refractivity contribution in [3.8, 4) is 11.1 Å². The molecular weight excluding hydrogens is 763 g/mol. The Kier molecular flexibility index (Phi) is 11.2. The van der Waals surface area contributed by atoms with E-state index in [1.54, 1.807) is 22.3 Å². The third-order valence-corrected chi connectivity index (χ3v) is 22.2. The molecule has 0 amide bonds. The van der Waals surface area contributed by atoms with E-state index in [-0.39, 0.29) is 41.1 Å². The smallest absolute Gasteiger partial charge is 1.00 e. The van der Waals surface area contributed by atoms with Crippen molar-refractivity contribution in [3.63, 3.8) is 0 Å². The molecule has 0 aliphatic heterocycles. The van der Waals surface area contributed by atoms with Gasteiger partial charge in [-0.05, 0) is 0 Å². The van der Waals surface area contributed by atoms with Gasteiger partial charge >= 0.3 is 321 Å². The van der Waals surface area contributed by atoms with Gasteiger partial charge in [0.25, 0.3) is 0 Å². The van der Waals surface area contributed by atoms with E-state index in [0.29, 0.717) is 15.0 Å². The van der Waals surface area contributed by atoms with Crippen LogP contribution >= 0.6 is 0 Å². The van der Waals surface area contributed by atoms with Gasteiger partial charge in [0.15, 0.2) is 0 Å². The third kappa shape index (κ3) is 7.65. The fourth-order valence-corrected chi connectivity index (χ4v) is 20.4. The van der Waals surface area contributed by atoms with E-state index >= 15 is 0 Å². The Morgan fingerprint density at radius 3 is 1.51 bits per heavy atom. The molecule has 282 valence electrons. The topological polar surface area (TPSA) is 0 Å². The second-order valence-electron chi connectivity index (χ2n) is 21.1. The van der Waals surface area contributed by atoms with Crippen molar-refractivity contribution in [1.82, 2.24) is 0 Å². The minimum atomic E-state index is -2.65. The number of allylic oxidation sites excluding steroid dienone is 4. The standard InChI is InChI=1S/C21H25.C18H25.C11H14.2ClH.Zr/c1-20(2,3)16-7-9-18-14(12-16)11-15-13-17(21(4,5)6)8-10-19(15)18;1-12-3-13(2)17(4-12)11-18-8-14-5-15(9-18)7-16(6-14)10-18;1-9-5-7-10(8-6-9)11(2,3)4;;;/h7-13H,1-6H3;4,12,14-16H,5-11H2,1-2H3;1,5-8H,2-4H3;2*1H;/q;;;;;+2/p-2. The molecule has 4 bridgehead atoms. The second-order valence-corrected chi connectivity index (χ2v) is 26.8. The molecule has 0 aromatic heterocycles. The predicted octanol–water partition coefficient (Wildman–Crippen LogP) is 7.58. The quantitative estimate of drug-likeness (QED) is 0.249. The van der Waals surface area contributed by atoms with Crippen LogP contribution in [0.25, 0.3) is 11.1 Å². The molecule has 1 atom stereocenters. The van der Waals surface area contributed by atoms with Gasteiger partial charge in [-0.1, -0.05) is 0 Å². The van der Waals surface area contributed by atoms with Gasteiger partial charge < -0.3 is 24.8 Å². The van der Waals surface area contributed by atoms with Crippen LogP contribution in [0.1, 0.15) is 158 Å². The predicted molar refractivity (Wildman–Crippen MR) is 217 cm³/mol. The van der Waals surface area contributed by atoms with E-state index in [4.69, 9.17) is 0 Å². The van der Waals surface area contributed by atoms with Crippen LogP contribution in [0.3, 0.4) is 0 Å². The minimum Gasteiger partial charge on any atom is -1.00 e. The van der Waals surface area contributed by atoms with E-state index in [1.165, 1.54) is 78.3 Å². The van der Waals surface area contributed by atoms with Crippen LogP contribution in [0, 0.1) is 29.1 Å². The zero-order chi connectivity index (χ0) is 36.2. The summed E-state index contributed by atoms with van der Waals surface area (Å²) in [7, 11) is 0. The Hall–Kier alpha value is -1.53. The fraction of sp³-hybridized carbons (Fsp3) is 0.540. The molecule has 0 N–H and O–H groups in total. The second kappa shape index (κ2) is 14.4. The zero-order valence-corrected chi connectivity index (χ0v) is 38.5. The van der Waals surface area contributed by atoms with Crippen LogP contribution in [0.5, 0.6) is 0 Å². The molecule has 0 nitrogen and oxygen atoms in total. The monoisotopic (exact) mass is 824 g/mol. The molecule has 0 saturated heterocycles. The SMILES string of the molecule is CC1=[C](/[Zr+2](=[CH]\c2ccc(C(C)(C)C)cc2)[CH]2c3cc(C(C)(C)C)ccc3-c3ccc(C(C)(C)C)cc32)C(C)C=C1CC12CC3CC(CC(C3)C1)C2.[Cl-].[Cl-]. The molecule has 3 aromatic rings. The number of fused-ring (bicyclic) bond motifs is 3. The zero-order valence-electron chi connectivity index (χ0n) is 34.5. The Balaban J connectivity index is 0.00000240. The molecule has 1 unspecified atom stereocenters. The summed E-state index contributed by atoms with van der Waals surface area (Å²) in [5.74, 6) is 3.55. The van der Waals surface area contributed by atoms with Crippen molar-refractivity contribution < 1.29 is 46.1 Å². The maximum Gasteiger partial charge on any atom is -1.00 e. The molecule has 3 aromatic carbocycles. The van der Waals surface area contributed by atoms with Crippen molar-refractivity contribution in [3.05, 3.63) is 115 Å². The summed E-state index contributed by atoms with van der Waals surface area (Å²) >= 11 is -2.65. The minimum absolute atomic E-state index is 0. The molecule has 53 heavy (non-hydrogen) atoms. The molecule has 0 heterocycles. The first-order chi connectivity index (χ1) is 23.9. The Bertz CT molecular complexity index is 1870. The molecule has 0 spiro atoms. The van der Waals surface area contributed by atoms with Gasteiger partial charge in [-0.15, -0.1) is 0 Å². The van der Waals surface area contributed by atoms with Crippen LogP contribution in [0.15, 0.2) is 81.2 Å². The van der Waals surface area contributed by atoms with Crippen LogP contribution in [0.4, 0.5) is 0 Å². The van der Waals surface area contributed by atoms with Gasteiger partial charge in [0, 0.05) is 0 Å². The van der Waals surface area contributed by atoms with Crippen LogP contribution in [0.2, 0.25) is 0 Å². The first-order valence-electron chi connectivity index (χ1n) is 20.4. The van der Waals surface area contributed by atoms with Gasteiger partial charge in [-0.3, -0.25) is 0 Å². The fourth-order valence-electron chi connectivity index (χ4n) is 11.7. The van der Waals surface area contributed by atoms with Crippen molar-refractivity contribution in [2.24, 2.45) is 29.1 Å². The number of hydrogen-bond acceptors (Lipinski definition) is 0. The van der Waals surface area contributed by atoms with Crippen molar-refractivity contribution in [2.75, 3.05) is 0 Å². The summed E-state index contributed by atoms with van der Waals surface area (Å²) in [4.78, 5) is 0. The van der Waals surface area contributed by atoms with E-state index in [2.05, 4.69) is 147 Å². The number of benzene rings is 3. The maximum absolute atomic E-state index is 2.88. The van der Waals surface area contributed by atoms with Gasteiger partial charge in [0.05, 0.1) is 0 Å². The van der Waals surface area contributed by atoms with E-state index in [1.807, 2.05) is 3.28 Å². The summed E-state index contributed by atoms with van der Waals surface area (Å²) in [6.45, 7) is 26.5. The Labute approximate surface area is 343 Å². The maximum atomic E-state index is 2.88. The number of rotatable bonds is 5. The average Bonchev–Trinajstić information content (AvgIpc) is 3.49. The van der Waals surface area contributed by atoms with Crippen LogP contribution in [-0.2, 0) is 37.5 Å². The van der Waals surface area contributed by atoms with Gasteiger partial charge in [-0.25, -0.2) is 0 Å². The number of hydrogen-bond donors (Lipinski definition) is 0. The van der Waals surface area contributed by atoms with Gasteiger partial charge in [-0.2, -0.15) is 0 Å². The molecule has 9 rings (SSSR count). The Morgan fingerprint density at radius 2 is 1.08 bits per heavy atom. The average molecular weight is 827 g/mol.